The van der Waals surface area contributed by atoms with Gasteiger partial charge >= 0.3 is 0 Å². The van der Waals surface area contributed by atoms with Crippen LogP contribution in [0.1, 0.15) is 27.4 Å². The summed E-state index contributed by atoms with van der Waals surface area (Å²) in [4.78, 5) is 13.0. The molecule has 0 heterocycles. The molecule has 1 N–H and O–H groups in total. The summed E-state index contributed by atoms with van der Waals surface area (Å²) >= 11 is 0. The molecule has 4 rings (SSSR count). The fourth-order valence-corrected chi connectivity index (χ4v) is 3.41. The molecule has 3 aromatic carbocycles. The summed E-state index contributed by atoms with van der Waals surface area (Å²) in [7, 11) is 1.64. The van der Waals surface area contributed by atoms with Crippen LogP contribution in [0.3, 0.4) is 0 Å². The largest absolute Gasteiger partial charge is 0.497 e. The number of benzene rings is 3. The first-order valence-corrected chi connectivity index (χ1v) is 8.57. The third kappa shape index (κ3) is 2.88. The Hall–Kier alpha value is -3.33. The SMILES string of the molecule is COc1ccc(N/C=C2\C(=O)c3ccccc3C2c2ccccc2)cc1. The third-order valence-corrected chi connectivity index (χ3v) is 4.71. The maximum Gasteiger partial charge on any atom is 0.191 e. The van der Waals surface area contributed by atoms with Gasteiger partial charge in [0.2, 0.25) is 0 Å². The molecule has 0 bridgehead atoms. The Bertz CT molecular complexity index is 959. The first-order chi connectivity index (χ1) is 12.8. The van der Waals surface area contributed by atoms with Crippen LogP contribution < -0.4 is 10.1 Å². The zero-order chi connectivity index (χ0) is 17.9. The topological polar surface area (TPSA) is 38.3 Å². The van der Waals surface area contributed by atoms with Gasteiger partial charge < -0.3 is 10.1 Å². The number of fused-ring (bicyclic) bond motifs is 1. The summed E-state index contributed by atoms with van der Waals surface area (Å²) in [5.41, 5.74) is 4.63. The molecule has 1 aliphatic rings. The van der Waals surface area contributed by atoms with Crippen molar-refractivity contribution in [2.75, 3.05) is 12.4 Å². The number of hydrogen-bond acceptors (Lipinski definition) is 3. The molecular weight excluding hydrogens is 322 g/mol. The number of hydrogen-bond donors (Lipinski definition) is 1. The zero-order valence-electron chi connectivity index (χ0n) is 14.5. The lowest BCUT2D eigenvalue weighted by molar-refractivity contribution is 0.103. The van der Waals surface area contributed by atoms with Crippen LogP contribution in [0.5, 0.6) is 5.75 Å². The van der Waals surface area contributed by atoms with E-state index in [2.05, 4.69) is 17.4 Å². The van der Waals surface area contributed by atoms with Gasteiger partial charge in [-0.05, 0) is 35.4 Å². The van der Waals surface area contributed by atoms with Gasteiger partial charge in [0, 0.05) is 28.9 Å². The summed E-state index contributed by atoms with van der Waals surface area (Å²) in [5, 5.41) is 3.26. The van der Waals surface area contributed by atoms with Crippen molar-refractivity contribution >= 4 is 11.5 Å². The van der Waals surface area contributed by atoms with Crippen molar-refractivity contribution in [3.05, 3.63) is 107 Å². The van der Waals surface area contributed by atoms with E-state index in [9.17, 15) is 4.79 Å². The van der Waals surface area contributed by atoms with Gasteiger partial charge in [-0.1, -0.05) is 54.6 Å². The molecular formula is C23H19NO2. The summed E-state index contributed by atoms with van der Waals surface area (Å²) in [6.45, 7) is 0. The van der Waals surface area contributed by atoms with Crippen molar-refractivity contribution in [1.82, 2.24) is 0 Å². The highest BCUT2D eigenvalue weighted by Crippen LogP contribution is 2.41. The molecule has 0 amide bonds. The number of allylic oxidation sites excluding steroid dienone is 1. The van der Waals surface area contributed by atoms with Crippen molar-refractivity contribution in [3.8, 4) is 5.75 Å². The zero-order valence-corrected chi connectivity index (χ0v) is 14.5. The Morgan fingerprint density at radius 1 is 0.885 bits per heavy atom. The number of carbonyl (C=O) groups is 1. The van der Waals surface area contributed by atoms with Gasteiger partial charge in [-0.15, -0.1) is 0 Å². The Labute approximate surface area is 152 Å². The number of anilines is 1. The van der Waals surface area contributed by atoms with Crippen LogP contribution in [0.4, 0.5) is 5.69 Å². The van der Waals surface area contributed by atoms with Gasteiger partial charge in [0.1, 0.15) is 5.75 Å². The Kier molecular flexibility index (Phi) is 4.28. The van der Waals surface area contributed by atoms with E-state index in [1.807, 2.05) is 72.9 Å². The molecule has 3 heteroatoms. The predicted molar refractivity (Wildman–Crippen MR) is 104 cm³/mol. The highest BCUT2D eigenvalue weighted by Gasteiger charge is 2.35. The Morgan fingerprint density at radius 3 is 2.31 bits per heavy atom. The van der Waals surface area contributed by atoms with E-state index in [1.165, 1.54) is 0 Å². The molecule has 1 aliphatic carbocycles. The second kappa shape index (κ2) is 6.89. The van der Waals surface area contributed by atoms with E-state index in [-0.39, 0.29) is 11.7 Å². The monoisotopic (exact) mass is 341 g/mol. The van der Waals surface area contributed by atoms with Crippen LogP contribution in [0, 0.1) is 0 Å². The Morgan fingerprint density at radius 2 is 1.58 bits per heavy atom. The summed E-state index contributed by atoms with van der Waals surface area (Å²) < 4.78 is 5.18. The van der Waals surface area contributed by atoms with Gasteiger partial charge in [0.15, 0.2) is 5.78 Å². The molecule has 0 fully saturated rings. The second-order valence-electron chi connectivity index (χ2n) is 6.23. The van der Waals surface area contributed by atoms with Crippen molar-refractivity contribution < 1.29 is 9.53 Å². The number of methoxy groups -OCH3 is 1. The molecule has 1 atom stereocenters. The number of rotatable bonds is 4. The van der Waals surface area contributed by atoms with Crippen molar-refractivity contribution in [1.29, 1.82) is 0 Å². The van der Waals surface area contributed by atoms with E-state index < -0.39 is 0 Å². The molecule has 0 aromatic heterocycles. The van der Waals surface area contributed by atoms with E-state index >= 15 is 0 Å². The smallest absolute Gasteiger partial charge is 0.191 e. The maximum atomic E-state index is 13.0. The molecule has 0 radical (unpaired) electrons. The number of ketones is 1. The summed E-state index contributed by atoms with van der Waals surface area (Å²) in [6, 6.07) is 25.6. The first-order valence-electron chi connectivity index (χ1n) is 8.57. The van der Waals surface area contributed by atoms with Crippen LogP contribution in [0.2, 0.25) is 0 Å². The van der Waals surface area contributed by atoms with Gasteiger partial charge in [-0.3, -0.25) is 4.79 Å². The minimum Gasteiger partial charge on any atom is -0.497 e. The average molecular weight is 341 g/mol. The van der Waals surface area contributed by atoms with Gasteiger partial charge in [0.25, 0.3) is 0 Å². The summed E-state index contributed by atoms with van der Waals surface area (Å²) in [5.74, 6) is 0.829. The third-order valence-electron chi connectivity index (χ3n) is 4.71. The van der Waals surface area contributed by atoms with Crippen LogP contribution >= 0.6 is 0 Å². The number of nitrogens with one attached hydrogen (secondary N) is 1. The minimum absolute atomic E-state index is 0.0503. The van der Waals surface area contributed by atoms with Crippen molar-refractivity contribution in [2.24, 2.45) is 0 Å². The first kappa shape index (κ1) is 16.2. The predicted octanol–water partition coefficient (Wildman–Crippen LogP) is 5.02. The van der Waals surface area contributed by atoms with Gasteiger partial charge in [-0.25, -0.2) is 0 Å². The lowest BCUT2D eigenvalue weighted by Gasteiger charge is -2.14. The molecule has 0 saturated heterocycles. The molecule has 0 saturated carbocycles. The van der Waals surface area contributed by atoms with Crippen molar-refractivity contribution in [3.63, 3.8) is 0 Å². The lowest BCUT2D eigenvalue weighted by Crippen LogP contribution is -2.05. The highest BCUT2D eigenvalue weighted by molar-refractivity contribution is 6.15. The normalized spacial score (nSPS) is 17.2. The van der Waals surface area contributed by atoms with E-state index in [4.69, 9.17) is 4.74 Å². The van der Waals surface area contributed by atoms with Crippen LogP contribution in [-0.4, -0.2) is 12.9 Å². The lowest BCUT2D eigenvalue weighted by atomic mass is 9.90. The quantitative estimate of drug-likeness (QED) is 0.677. The van der Waals surface area contributed by atoms with Crippen LogP contribution in [-0.2, 0) is 0 Å². The van der Waals surface area contributed by atoms with E-state index in [0.29, 0.717) is 0 Å². The fourth-order valence-electron chi connectivity index (χ4n) is 3.41. The average Bonchev–Trinajstić information content (AvgIpc) is 2.99. The number of ether oxygens (including phenoxy) is 1. The molecule has 26 heavy (non-hydrogen) atoms. The molecule has 1 unspecified atom stereocenters. The van der Waals surface area contributed by atoms with Gasteiger partial charge in [-0.2, -0.15) is 0 Å². The van der Waals surface area contributed by atoms with Crippen LogP contribution in [0.15, 0.2) is 90.6 Å². The second-order valence-corrected chi connectivity index (χ2v) is 6.23. The number of Topliss-reactive ketones (excluding diaryl/α,β-unsaturated/α-hetero) is 1. The van der Waals surface area contributed by atoms with Crippen molar-refractivity contribution in [2.45, 2.75) is 5.92 Å². The van der Waals surface area contributed by atoms with Crippen LogP contribution in [0.25, 0.3) is 0 Å². The van der Waals surface area contributed by atoms with E-state index in [0.717, 1.165) is 33.7 Å². The van der Waals surface area contributed by atoms with E-state index in [1.54, 1.807) is 7.11 Å². The molecule has 3 nitrogen and oxygen atoms in total. The fraction of sp³-hybridized carbons (Fsp3) is 0.0870. The molecule has 0 spiro atoms. The standard InChI is InChI=1S/C23H19NO2/c1-26-18-13-11-17(12-14-18)24-15-21-22(16-7-3-2-4-8-16)19-9-5-6-10-20(19)23(21)25/h2-15,22,24H,1H3/b21-15-. The molecule has 3 aromatic rings. The van der Waals surface area contributed by atoms with Gasteiger partial charge in [0.05, 0.1) is 7.11 Å². The minimum atomic E-state index is -0.0503. The Balaban J connectivity index is 1.72. The molecule has 0 aliphatic heterocycles. The maximum absolute atomic E-state index is 13.0. The molecule has 128 valence electrons. The number of carbonyl (C=O) groups excluding carboxylic acids is 1. The summed E-state index contributed by atoms with van der Waals surface area (Å²) in [6.07, 6.45) is 1.84. The highest BCUT2D eigenvalue weighted by atomic mass is 16.5.